The van der Waals surface area contributed by atoms with Crippen molar-refractivity contribution < 1.29 is 8.42 Å². The van der Waals surface area contributed by atoms with Gasteiger partial charge in [-0.05, 0) is 38.0 Å². The van der Waals surface area contributed by atoms with Crippen molar-refractivity contribution in [3.63, 3.8) is 0 Å². The zero-order valence-electron chi connectivity index (χ0n) is 13.2. The summed E-state index contributed by atoms with van der Waals surface area (Å²) in [6, 6.07) is 0.566. The highest BCUT2D eigenvalue weighted by Crippen LogP contribution is 2.20. The number of likely N-dealkylation sites (tertiary alicyclic amines) is 1. The largest absolute Gasteiger partial charge is 0.354 e. The van der Waals surface area contributed by atoms with Crippen molar-refractivity contribution in [2.45, 2.75) is 51.0 Å². The Hall–Kier alpha value is -0.0500. The lowest BCUT2D eigenvalue weighted by Crippen LogP contribution is -2.44. The van der Waals surface area contributed by atoms with Crippen molar-refractivity contribution >= 4 is 39.8 Å². The second-order valence-corrected chi connectivity index (χ2v) is 8.98. The Balaban J connectivity index is 0.00000176. The van der Waals surface area contributed by atoms with E-state index < -0.39 is 9.84 Å². The SMILES string of the molecule is I.O=S1(=O)CCC(CN=C(NC2CCCC2)N2CCCC2)C1. The maximum atomic E-state index is 11.5. The first kappa shape index (κ1) is 18.3. The summed E-state index contributed by atoms with van der Waals surface area (Å²) in [4.78, 5) is 7.13. The van der Waals surface area contributed by atoms with E-state index in [1.807, 2.05) is 0 Å². The Kier molecular flexibility index (Phi) is 6.79. The van der Waals surface area contributed by atoms with Crippen LogP contribution >= 0.6 is 24.0 Å². The molecule has 0 amide bonds. The van der Waals surface area contributed by atoms with Gasteiger partial charge in [0, 0.05) is 25.7 Å². The molecule has 2 aliphatic heterocycles. The van der Waals surface area contributed by atoms with Gasteiger partial charge in [0.25, 0.3) is 0 Å². The molecule has 1 saturated carbocycles. The van der Waals surface area contributed by atoms with Crippen LogP contribution in [0.15, 0.2) is 4.99 Å². The molecule has 0 aromatic rings. The maximum absolute atomic E-state index is 11.5. The number of guanidine groups is 1. The number of rotatable bonds is 3. The first-order chi connectivity index (χ1) is 10.1. The molecule has 22 heavy (non-hydrogen) atoms. The molecule has 3 fully saturated rings. The highest BCUT2D eigenvalue weighted by Gasteiger charge is 2.28. The summed E-state index contributed by atoms with van der Waals surface area (Å²) in [6.45, 7) is 2.83. The minimum absolute atomic E-state index is 0. The van der Waals surface area contributed by atoms with Gasteiger partial charge < -0.3 is 10.2 Å². The van der Waals surface area contributed by atoms with Gasteiger partial charge in [0.2, 0.25) is 0 Å². The van der Waals surface area contributed by atoms with Crippen molar-refractivity contribution in [1.82, 2.24) is 10.2 Å². The van der Waals surface area contributed by atoms with Crippen LogP contribution in [0.4, 0.5) is 0 Å². The number of aliphatic imine (C=N–C) groups is 1. The molecule has 1 unspecified atom stereocenters. The third-order valence-electron chi connectivity index (χ3n) is 4.92. The Labute approximate surface area is 151 Å². The van der Waals surface area contributed by atoms with Gasteiger partial charge >= 0.3 is 0 Å². The molecule has 0 bridgehead atoms. The Morgan fingerprint density at radius 2 is 1.77 bits per heavy atom. The molecule has 0 aromatic heterocycles. The molecular formula is C15H28IN3O2S. The quantitative estimate of drug-likeness (QED) is 0.414. The lowest BCUT2D eigenvalue weighted by Gasteiger charge is -2.25. The average Bonchev–Trinajstić information content (AvgIpc) is 3.16. The van der Waals surface area contributed by atoms with Gasteiger partial charge in [-0.1, -0.05) is 12.8 Å². The minimum Gasteiger partial charge on any atom is -0.354 e. The lowest BCUT2D eigenvalue weighted by molar-refractivity contribution is 0.466. The van der Waals surface area contributed by atoms with Crippen LogP contribution < -0.4 is 5.32 Å². The summed E-state index contributed by atoms with van der Waals surface area (Å²) in [5, 5.41) is 3.63. The molecule has 1 N–H and O–H groups in total. The molecule has 3 aliphatic rings. The summed E-state index contributed by atoms with van der Waals surface area (Å²) in [7, 11) is -2.79. The van der Waals surface area contributed by atoms with E-state index >= 15 is 0 Å². The number of nitrogens with zero attached hydrogens (tertiary/aromatic N) is 2. The first-order valence-corrected chi connectivity index (χ1v) is 10.2. The molecule has 0 spiro atoms. The normalized spacial score (nSPS) is 28.8. The van der Waals surface area contributed by atoms with Crippen LogP contribution in [0, 0.1) is 5.92 Å². The van der Waals surface area contributed by atoms with Gasteiger partial charge in [-0.15, -0.1) is 24.0 Å². The van der Waals surface area contributed by atoms with E-state index in [9.17, 15) is 8.42 Å². The van der Waals surface area contributed by atoms with Crippen LogP contribution in [0.5, 0.6) is 0 Å². The summed E-state index contributed by atoms with van der Waals surface area (Å²) in [5.41, 5.74) is 0. The summed E-state index contributed by atoms with van der Waals surface area (Å²) in [5.74, 6) is 1.93. The van der Waals surface area contributed by atoms with Crippen LogP contribution in [0.3, 0.4) is 0 Å². The zero-order valence-corrected chi connectivity index (χ0v) is 16.3. The molecule has 7 heteroatoms. The van der Waals surface area contributed by atoms with Crippen LogP contribution in [0.2, 0.25) is 0 Å². The van der Waals surface area contributed by atoms with E-state index in [-0.39, 0.29) is 29.9 Å². The second kappa shape index (κ2) is 8.17. The van der Waals surface area contributed by atoms with Crippen molar-refractivity contribution in [2.24, 2.45) is 10.9 Å². The third-order valence-corrected chi connectivity index (χ3v) is 6.76. The standard InChI is InChI=1S/C15H27N3O2S.HI/c19-21(20)10-7-13(12-21)11-16-15(18-8-3-4-9-18)17-14-5-1-2-6-14;/h13-14H,1-12H2,(H,16,17);1H. The second-order valence-electron chi connectivity index (χ2n) is 6.75. The molecular weight excluding hydrogens is 413 g/mol. The third kappa shape index (κ3) is 4.97. The van der Waals surface area contributed by atoms with Gasteiger partial charge in [-0.25, -0.2) is 8.42 Å². The minimum atomic E-state index is -2.79. The predicted octanol–water partition coefficient (Wildman–Crippen LogP) is 2.02. The van der Waals surface area contributed by atoms with Crippen LogP contribution in [0.25, 0.3) is 0 Å². The van der Waals surface area contributed by atoms with E-state index in [2.05, 4.69) is 10.2 Å². The van der Waals surface area contributed by atoms with Gasteiger partial charge in [0.05, 0.1) is 11.5 Å². The smallest absolute Gasteiger partial charge is 0.194 e. The predicted molar refractivity (Wildman–Crippen MR) is 101 cm³/mol. The van der Waals surface area contributed by atoms with E-state index in [1.165, 1.54) is 38.5 Å². The summed E-state index contributed by atoms with van der Waals surface area (Å²) < 4.78 is 23.1. The van der Waals surface area contributed by atoms with Crippen molar-refractivity contribution in [1.29, 1.82) is 0 Å². The first-order valence-electron chi connectivity index (χ1n) is 8.39. The van der Waals surface area contributed by atoms with Crippen molar-refractivity contribution in [2.75, 3.05) is 31.1 Å². The Morgan fingerprint density at radius 1 is 1.09 bits per heavy atom. The molecule has 128 valence electrons. The van der Waals surface area contributed by atoms with Crippen LogP contribution in [-0.4, -0.2) is 56.5 Å². The van der Waals surface area contributed by atoms with Crippen LogP contribution in [0.1, 0.15) is 44.9 Å². The topological polar surface area (TPSA) is 61.8 Å². The highest BCUT2D eigenvalue weighted by molar-refractivity contribution is 14.0. The molecule has 0 radical (unpaired) electrons. The maximum Gasteiger partial charge on any atom is 0.194 e. The van der Waals surface area contributed by atoms with Gasteiger partial charge in [0.1, 0.15) is 0 Å². The number of hydrogen-bond acceptors (Lipinski definition) is 3. The van der Waals surface area contributed by atoms with Crippen LogP contribution in [-0.2, 0) is 9.84 Å². The fourth-order valence-electron chi connectivity index (χ4n) is 3.65. The van der Waals surface area contributed by atoms with Crippen molar-refractivity contribution in [3.05, 3.63) is 0 Å². The molecule has 2 heterocycles. The van der Waals surface area contributed by atoms with Crippen molar-refractivity contribution in [3.8, 4) is 0 Å². The molecule has 1 aliphatic carbocycles. The van der Waals surface area contributed by atoms with E-state index in [4.69, 9.17) is 4.99 Å². The lowest BCUT2D eigenvalue weighted by atomic mass is 10.1. The number of nitrogens with one attached hydrogen (secondary N) is 1. The average molecular weight is 441 g/mol. The molecule has 0 aromatic carbocycles. The zero-order chi connectivity index (χ0) is 14.7. The molecule has 2 saturated heterocycles. The van der Waals surface area contributed by atoms with Gasteiger partial charge in [0.15, 0.2) is 15.8 Å². The Bertz CT molecular complexity index is 483. The Morgan fingerprint density at radius 3 is 2.36 bits per heavy atom. The van der Waals surface area contributed by atoms with E-state index in [0.717, 1.165) is 25.5 Å². The number of halogens is 1. The van der Waals surface area contributed by atoms with E-state index in [1.54, 1.807) is 0 Å². The number of hydrogen-bond donors (Lipinski definition) is 1. The fourth-order valence-corrected chi connectivity index (χ4v) is 5.50. The molecule has 1 atom stereocenters. The van der Waals surface area contributed by atoms with Gasteiger partial charge in [-0.2, -0.15) is 0 Å². The molecule has 3 rings (SSSR count). The van der Waals surface area contributed by atoms with Gasteiger partial charge in [-0.3, -0.25) is 4.99 Å². The fraction of sp³-hybridized carbons (Fsp3) is 0.933. The highest BCUT2D eigenvalue weighted by atomic mass is 127. The summed E-state index contributed by atoms with van der Waals surface area (Å²) >= 11 is 0. The summed E-state index contributed by atoms with van der Waals surface area (Å²) in [6.07, 6.45) is 8.36. The number of sulfone groups is 1. The monoisotopic (exact) mass is 441 g/mol. The molecule has 5 nitrogen and oxygen atoms in total. The van der Waals surface area contributed by atoms with E-state index in [0.29, 0.717) is 24.1 Å².